The fourth-order valence-electron chi connectivity index (χ4n) is 1.12. The Labute approximate surface area is 114 Å². The van der Waals surface area contributed by atoms with Crippen LogP contribution >= 0.6 is 15.9 Å². The summed E-state index contributed by atoms with van der Waals surface area (Å²) in [5.74, 6) is 1.23. The summed E-state index contributed by atoms with van der Waals surface area (Å²) in [5, 5.41) is 8.72. The largest absolute Gasteiger partial charge is 0.367 e. The summed E-state index contributed by atoms with van der Waals surface area (Å²) in [6.07, 6.45) is 1.67. The van der Waals surface area contributed by atoms with Crippen LogP contribution < -0.4 is 16.0 Å². The van der Waals surface area contributed by atoms with Gasteiger partial charge in [-0.15, -0.1) is 0 Å². The SMILES string of the molecule is CNc1ncc(Br)c(NCCNC(=O)N(C)C)n1. The Morgan fingerprint density at radius 1 is 1.44 bits per heavy atom. The Morgan fingerprint density at radius 3 is 2.78 bits per heavy atom. The molecule has 8 heteroatoms. The molecule has 7 nitrogen and oxygen atoms in total. The monoisotopic (exact) mass is 316 g/mol. The second kappa shape index (κ2) is 7.00. The standard InChI is InChI=1S/C10H17BrN6O/c1-12-9-15-6-7(11)8(16-9)13-4-5-14-10(18)17(2)3/h6H,4-5H2,1-3H3,(H,14,18)(H2,12,13,15,16). The summed E-state index contributed by atoms with van der Waals surface area (Å²) in [5.41, 5.74) is 0. The van der Waals surface area contributed by atoms with E-state index < -0.39 is 0 Å². The molecule has 0 fully saturated rings. The first-order chi connectivity index (χ1) is 8.54. The fraction of sp³-hybridized carbons (Fsp3) is 0.500. The number of amides is 2. The average molecular weight is 317 g/mol. The molecule has 2 amide bonds. The maximum absolute atomic E-state index is 11.3. The Morgan fingerprint density at radius 2 is 2.17 bits per heavy atom. The van der Waals surface area contributed by atoms with Gasteiger partial charge in [-0.1, -0.05) is 0 Å². The van der Waals surface area contributed by atoms with Gasteiger partial charge in [0, 0.05) is 40.4 Å². The van der Waals surface area contributed by atoms with Crippen LogP contribution in [0, 0.1) is 0 Å². The summed E-state index contributed by atoms with van der Waals surface area (Å²) < 4.78 is 0.778. The molecule has 0 aliphatic carbocycles. The van der Waals surface area contributed by atoms with Crippen LogP contribution in [-0.2, 0) is 0 Å². The highest BCUT2D eigenvalue weighted by atomic mass is 79.9. The van der Waals surface area contributed by atoms with E-state index in [4.69, 9.17) is 0 Å². The molecule has 1 aromatic rings. The predicted octanol–water partition coefficient (Wildman–Crippen LogP) is 0.964. The first kappa shape index (κ1) is 14.5. The van der Waals surface area contributed by atoms with E-state index in [9.17, 15) is 4.79 Å². The number of carbonyl (C=O) groups is 1. The van der Waals surface area contributed by atoms with Gasteiger partial charge >= 0.3 is 6.03 Å². The number of nitrogens with one attached hydrogen (secondary N) is 3. The molecular formula is C10H17BrN6O. The summed E-state index contributed by atoms with van der Waals surface area (Å²) in [6, 6.07) is -0.116. The third-order valence-electron chi connectivity index (χ3n) is 2.07. The first-order valence-corrected chi connectivity index (χ1v) is 6.23. The molecule has 1 heterocycles. The van der Waals surface area contributed by atoms with Crippen LogP contribution in [0.25, 0.3) is 0 Å². The Kier molecular flexibility index (Phi) is 5.63. The number of rotatable bonds is 5. The molecule has 100 valence electrons. The summed E-state index contributed by atoms with van der Waals surface area (Å²) >= 11 is 3.35. The third kappa shape index (κ3) is 4.36. The maximum Gasteiger partial charge on any atom is 0.316 e. The van der Waals surface area contributed by atoms with Crippen LogP contribution in [0.1, 0.15) is 0 Å². The van der Waals surface area contributed by atoms with E-state index in [1.165, 1.54) is 4.90 Å². The minimum atomic E-state index is -0.116. The summed E-state index contributed by atoms with van der Waals surface area (Å²) in [4.78, 5) is 21.0. The summed E-state index contributed by atoms with van der Waals surface area (Å²) in [6.45, 7) is 1.10. The lowest BCUT2D eigenvalue weighted by molar-refractivity contribution is 0.218. The zero-order valence-electron chi connectivity index (χ0n) is 10.6. The van der Waals surface area contributed by atoms with E-state index in [0.29, 0.717) is 24.9 Å². The van der Waals surface area contributed by atoms with Crippen molar-refractivity contribution in [2.75, 3.05) is 44.9 Å². The molecule has 0 radical (unpaired) electrons. The molecule has 18 heavy (non-hydrogen) atoms. The molecule has 3 N–H and O–H groups in total. The number of carbonyl (C=O) groups excluding carboxylic acids is 1. The third-order valence-corrected chi connectivity index (χ3v) is 2.65. The van der Waals surface area contributed by atoms with Crippen molar-refractivity contribution < 1.29 is 4.79 Å². The van der Waals surface area contributed by atoms with Gasteiger partial charge < -0.3 is 20.9 Å². The van der Waals surface area contributed by atoms with Crippen molar-refractivity contribution in [1.82, 2.24) is 20.2 Å². The minimum Gasteiger partial charge on any atom is -0.367 e. The van der Waals surface area contributed by atoms with E-state index in [0.717, 1.165) is 4.47 Å². The Balaban J connectivity index is 2.41. The number of hydrogen-bond donors (Lipinski definition) is 3. The van der Waals surface area contributed by atoms with Crippen molar-refractivity contribution >= 4 is 33.7 Å². The zero-order valence-corrected chi connectivity index (χ0v) is 12.2. The lowest BCUT2D eigenvalue weighted by Crippen LogP contribution is -2.37. The molecule has 0 atom stereocenters. The number of nitrogens with zero attached hydrogens (tertiary/aromatic N) is 3. The van der Waals surface area contributed by atoms with Gasteiger partial charge in [0.05, 0.1) is 4.47 Å². The van der Waals surface area contributed by atoms with E-state index in [1.807, 2.05) is 0 Å². The van der Waals surface area contributed by atoms with E-state index in [-0.39, 0.29) is 6.03 Å². The molecule has 1 rings (SSSR count). The van der Waals surface area contributed by atoms with Crippen molar-refractivity contribution in [1.29, 1.82) is 0 Å². The molecule has 0 aromatic carbocycles. The Bertz CT molecular complexity index is 411. The molecule has 1 aromatic heterocycles. The predicted molar refractivity (Wildman–Crippen MR) is 74.9 cm³/mol. The van der Waals surface area contributed by atoms with Crippen LogP contribution in [0.5, 0.6) is 0 Å². The highest BCUT2D eigenvalue weighted by molar-refractivity contribution is 9.10. The van der Waals surface area contributed by atoms with Gasteiger partial charge in [0.15, 0.2) is 0 Å². The molecule has 0 spiro atoms. The van der Waals surface area contributed by atoms with Gasteiger partial charge in [-0.2, -0.15) is 4.98 Å². The zero-order chi connectivity index (χ0) is 13.5. The quantitative estimate of drug-likeness (QED) is 0.705. The highest BCUT2D eigenvalue weighted by Gasteiger charge is 2.04. The second-order valence-corrected chi connectivity index (χ2v) is 4.55. The number of anilines is 2. The number of aromatic nitrogens is 2. The van der Waals surface area contributed by atoms with Gasteiger partial charge in [-0.3, -0.25) is 0 Å². The molecule has 0 saturated carbocycles. The van der Waals surface area contributed by atoms with E-state index in [2.05, 4.69) is 41.8 Å². The number of hydrogen-bond acceptors (Lipinski definition) is 5. The van der Waals surface area contributed by atoms with Gasteiger partial charge in [0.25, 0.3) is 0 Å². The van der Waals surface area contributed by atoms with Crippen LogP contribution in [0.4, 0.5) is 16.6 Å². The van der Waals surface area contributed by atoms with Gasteiger partial charge in [-0.25, -0.2) is 9.78 Å². The molecule has 0 unspecified atom stereocenters. The fourth-order valence-corrected chi connectivity index (χ4v) is 1.45. The smallest absolute Gasteiger partial charge is 0.316 e. The lowest BCUT2D eigenvalue weighted by atomic mass is 10.5. The van der Waals surface area contributed by atoms with Gasteiger partial charge in [0.2, 0.25) is 5.95 Å². The first-order valence-electron chi connectivity index (χ1n) is 5.44. The van der Waals surface area contributed by atoms with Gasteiger partial charge in [-0.05, 0) is 15.9 Å². The van der Waals surface area contributed by atoms with Crippen molar-refractivity contribution in [3.8, 4) is 0 Å². The Hall–Kier alpha value is -1.57. The number of halogens is 1. The summed E-state index contributed by atoms with van der Waals surface area (Å²) in [7, 11) is 5.15. The highest BCUT2D eigenvalue weighted by Crippen LogP contribution is 2.19. The van der Waals surface area contributed by atoms with Crippen molar-refractivity contribution in [2.24, 2.45) is 0 Å². The van der Waals surface area contributed by atoms with E-state index >= 15 is 0 Å². The lowest BCUT2D eigenvalue weighted by Gasteiger charge is -2.13. The van der Waals surface area contributed by atoms with Crippen LogP contribution in [0.2, 0.25) is 0 Å². The average Bonchev–Trinajstić information content (AvgIpc) is 2.36. The van der Waals surface area contributed by atoms with Crippen LogP contribution in [0.3, 0.4) is 0 Å². The molecular weight excluding hydrogens is 300 g/mol. The molecule has 0 aliphatic heterocycles. The molecule has 0 aliphatic rings. The van der Waals surface area contributed by atoms with Crippen molar-refractivity contribution in [2.45, 2.75) is 0 Å². The van der Waals surface area contributed by atoms with Crippen molar-refractivity contribution in [3.05, 3.63) is 10.7 Å². The second-order valence-electron chi connectivity index (χ2n) is 3.69. The molecule has 0 saturated heterocycles. The van der Waals surface area contributed by atoms with Gasteiger partial charge in [0.1, 0.15) is 5.82 Å². The molecule has 0 bridgehead atoms. The van der Waals surface area contributed by atoms with Crippen molar-refractivity contribution in [3.63, 3.8) is 0 Å². The topological polar surface area (TPSA) is 82.2 Å². The van der Waals surface area contributed by atoms with E-state index in [1.54, 1.807) is 27.3 Å². The minimum absolute atomic E-state index is 0.116. The van der Waals surface area contributed by atoms with Crippen LogP contribution in [-0.4, -0.2) is 55.1 Å². The van der Waals surface area contributed by atoms with Crippen LogP contribution in [0.15, 0.2) is 10.7 Å². The number of urea groups is 1. The maximum atomic E-state index is 11.3. The normalized spacial score (nSPS) is 9.78.